The van der Waals surface area contributed by atoms with E-state index in [2.05, 4.69) is 33.4 Å². The highest BCUT2D eigenvalue weighted by atomic mass is 32.2. The summed E-state index contributed by atoms with van der Waals surface area (Å²) in [5.41, 5.74) is 19.7. The first-order valence-corrected chi connectivity index (χ1v) is 26.2. The van der Waals surface area contributed by atoms with Gasteiger partial charge in [0, 0.05) is 23.2 Å². The largest absolute Gasteiger partial charge is 0.508 e. The number of thiocarbonyl (C=S) groups is 1. The molecule has 0 radical (unpaired) electrons. The molecule has 19 heteroatoms. The number of nitrogens with zero attached hydrogens (tertiary/aromatic N) is 4. The summed E-state index contributed by atoms with van der Waals surface area (Å²) in [6.45, 7) is 1.13. The van der Waals surface area contributed by atoms with E-state index in [9.17, 15) is 29.7 Å². The number of phenolic OH excluding ortho intramolecular Hbond substituents is 3. The number of nitrogens with two attached hydrogens (primary N) is 2. The third kappa shape index (κ3) is 16.0. The number of nitrogens with one attached hydrogen (secondary N) is 1. The van der Waals surface area contributed by atoms with Crippen molar-refractivity contribution in [1.82, 2.24) is 20.9 Å². The fourth-order valence-electron chi connectivity index (χ4n) is 8.91. The Kier molecular flexibility index (Phi) is 23.0. The zero-order valence-corrected chi connectivity index (χ0v) is 45.8. The van der Waals surface area contributed by atoms with Gasteiger partial charge >= 0.3 is 0 Å². The second kappa shape index (κ2) is 29.8. The summed E-state index contributed by atoms with van der Waals surface area (Å²) < 4.78 is 16.8. The molecular formula is C59H66N8O9S2. The molecule has 17 nitrogen and oxygen atoms in total. The maximum Gasteiger partial charge on any atom is 0.287 e. The first kappa shape index (κ1) is 60.4. The van der Waals surface area contributed by atoms with Gasteiger partial charge in [0.1, 0.15) is 44.9 Å². The number of thiocyanates is 1. The molecule has 0 bridgehead atoms. The number of ether oxygens (including phenoxy) is 3. The zero-order valence-electron chi connectivity index (χ0n) is 44.2. The van der Waals surface area contributed by atoms with Crippen molar-refractivity contribution in [3.8, 4) is 57.0 Å². The van der Waals surface area contributed by atoms with E-state index in [1.165, 1.54) is 36.0 Å². The van der Waals surface area contributed by atoms with Crippen molar-refractivity contribution in [3.63, 3.8) is 0 Å². The molecule has 1 aromatic heterocycles. The van der Waals surface area contributed by atoms with E-state index in [4.69, 9.17) is 37.4 Å². The highest BCUT2D eigenvalue weighted by Gasteiger charge is 2.25. The second-order valence-corrected chi connectivity index (χ2v) is 19.2. The molecule has 11 N–H and O–H groups in total. The topological polar surface area (TPSA) is 293 Å². The number of amides is 2. The molecule has 0 saturated heterocycles. The van der Waals surface area contributed by atoms with Crippen LogP contribution in [-0.4, -0.2) is 74.0 Å². The number of phenols is 3. The number of Topliss-reactive ketones (excluding diaryl/α,β-unsaturated/α-hetero) is 1. The number of methoxy groups -OCH3 is 3. The molecule has 7 aromatic rings. The molecular weight excluding hydrogens is 1030 g/mol. The molecule has 0 saturated carbocycles. The van der Waals surface area contributed by atoms with Crippen LogP contribution in [0, 0.1) is 10.7 Å². The SMILES string of the molecule is CC(=O)C(N)=O.COc1ccc(-n2c(C(N)=O)nnc2-c2ccc3c(c2O)CCCC3)cc1.COc1ccc(NC(=S)c2ccc3c(c2O)CCCC3)cc1.COc1ccc(SC#N)cc1.N.Oc1cccc2c1CCCC2. The van der Waals surface area contributed by atoms with Crippen molar-refractivity contribution >= 4 is 52.3 Å². The Morgan fingerprint density at radius 1 is 0.641 bits per heavy atom. The smallest absolute Gasteiger partial charge is 0.287 e. The van der Waals surface area contributed by atoms with E-state index < -0.39 is 17.6 Å². The van der Waals surface area contributed by atoms with Crippen LogP contribution in [0.1, 0.15) is 95.0 Å². The van der Waals surface area contributed by atoms with Crippen molar-refractivity contribution in [2.45, 2.75) is 88.9 Å². The number of carbonyl (C=O) groups is 3. The number of nitriles is 1. The molecule has 3 aliphatic carbocycles. The number of ketones is 1. The Balaban J connectivity index is 0.000000195. The minimum absolute atomic E-state index is 0. The number of anilines is 1. The predicted molar refractivity (Wildman–Crippen MR) is 307 cm³/mol. The molecule has 78 heavy (non-hydrogen) atoms. The van der Waals surface area contributed by atoms with Crippen LogP contribution in [0.15, 0.2) is 120 Å². The highest BCUT2D eigenvalue weighted by molar-refractivity contribution is 8.03. The Hall–Kier alpha value is -8.44. The number of aromatic nitrogens is 3. The lowest BCUT2D eigenvalue weighted by Gasteiger charge is -2.19. The Morgan fingerprint density at radius 3 is 1.62 bits per heavy atom. The van der Waals surface area contributed by atoms with Crippen LogP contribution in [0.5, 0.6) is 34.5 Å². The third-order valence-electron chi connectivity index (χ3n) is 13.0. The van der Waals surface area contributed by atoms with Crippen molar-refractivity contribution in [1.29, 1.82) is 5.26 Å². The molecule has 0 spiro atoms. The average Bonchev–Trinajstić information content (AvgIpc) is 3.95. The van der Waals surface area contributed by atoms with E-state index in [1.54, 1.807) is 56.2 Å². The number of fused-ring (bicyclic) bond motifs is 3. The van der Waals surface area contributed by atoms with Crippen molar-refractivity contribution in [2.24, 2.45) is 11.5 Å². The van der Waals surface area contributed by atoms with E-state index >= 15 is 0 Å². The predicted octanol–water partition coefficient (Wildman–Crippen LogP) is 10.5. The van der Waals surface area contributed by atoms with Crippen molar-refractivity contribution in [2.75, 3.05) is 26.6 Å². The van der Waals surface area contributed by atoms with Crippen molar-refractivity contribution in [3.05, 3.63) is 160 Å². The van der Waals surface area contributed by atoms with Gasteiger partial charge in [0.05, 0.1) is 32.5 Å². The number of aromatic hydroxyl groups is 3. The summed E-state index contributed by atoms with van der Waals surface area (Å²) in [4.78, 5) is 32.6. The lowest BCUT2D eigenvalue weighted by atomic mass is 9.89. The first-order chi connectivity index (χ1) is 37.2. The van der Waals surface area contributed by atoms with Crippen LogP contribution >= 0.6 is 24.0 Å². The summed E-state index contributed by atoms with van der Waals surface area (Å²) >= 11 is 6.60. The maximum absolute atomic E-state index is 11.9. The molecule has 1 heterocycles. The first-order valence-electron chi connectivity index (χ1n) is 25.0. The number of carbonyl (C=O) groups excluding carboxylic acids is 3. The molecule has 0 atom stereocenters. The minimum atomic E-state index is -0.880. The summed E-state index contributed by atoms with van der Waals surface area (Å²) in [5, 5.41) is 52.5. The van der Waals surface area contributed by atoms with Gasteiger partial charge in [0.15, 0.2) is 5.82 Å². The standard InChI is InChI=1S/C20H20N4O3.C18H19NO2S.C10H12O.C8H7NOS.C3H5NO2.H3N/c1-27-14-9-7-13(8-10-14)24-19(22-23-20(24)18(21)26)16-11-6-12-4-2-3-5-15(12)17(16)25;1-21-14-9-7-13(8-10-14)19-18(22)16-11-6-12-4-2-3-5-15(12)17(16)20;11-10-7-3-5-8-4-1-2-6-9(8)10;1-10-7-2-4-8(5-3-7)11-6-9;1-2(5)3(4)6;/h6-11,25H,2-5H2,1H3,(H2,21,26);6-11,20H,2-5H2,1H3,(H,19,22);3,5,7,11H,1-2,4,6H2;2-5H,1H3;1H3,(H2,4,6);1H3. The molecule has 0 unspecified atom stereocenters. The van der Waals surface area contributed by atoms with Crippen LogP contribution in [-0.2, 0) is 48.1 Å². The second-order valence-electron chi connectivity index (χ2n) is 18.0. The molecule has 3 aliphatic rings. The number of aryl methyl sites for hydroxylation is 3. The van der Waals surface area contributed by atoms with Crippen molar-refractivity contribution < 1.29 is 43.9 Å². The van der Waals surface area contributed by atoms with Gasteiger partial charge in [-0.3, -0.25) is 19.0 Å². The number of rotatable bonds is 10. The van der Waals surface area contributed by atoms with Crippen LogP contribution in [0.25, 0.3) is 17.1 Å². The lowest BCUT2D eigenvalue weighted by Crippen LogP contribution is -2.19. The van der Waals surface area contributed by atoms with Crippen LogP contribution in [0.2, 0.25) is 0 Å². The molecule has 0 aliphatic heterocycles. The van der Waals surface area contributed by atoms with Gasteiger partial charge in [-0.05, 0) is 213 Å². The number of benzene rings is 6. The number of thioether (sulfide) groups is 1. The summed E-state index contributed by atoms with van der Waals surface area (Å²) in [7, 11) is 4.84. The van der Waals surface area contributed by atoms with Gasteiger partial charge in [-0.15, -0.1) is 10.2 Å². The third-order valence-corrected chi connectivity index (χ3v) is 13.9. The maximum atomic E-state index is 11.9. The fraction of sp³-hybridized carbons (Fsp3) is 0.271. The van der Waals surface area contributed by atoms with Gasteiger partial charge in [0.25, 0.3) is 11.8 Å². The van der Waals surface area contributed by atoms with E-state index in [1.807, 2.05) is 78.2 Å². The number of primary amides is 2. The average molecular weight is 1100 g/mol. The monoisotopic (exact) mass is 1090 g/mol. The number of hydrogen-bond acceptors (Lipinski definition) is 15. The van der Waals surface area contributed by atoms with Gasteiger partial charge in [-0.1, -0.05) is 36.5 Å². The van der Waals surface area contributed by atoms with E-state index in [0.717, 1.165) is 115 Å². The van der Waals surface area contributed by atoms with E-state index in [0.29, 0.717) is 44.9 Å². The lowest BCUT2D eigenvalue weighted by molar-refractivity contribution is -0.134. The molecule has 0 fully saturated rings. The Morgan fingerprint density at radius 2 is 1.12 bits per heavy atom. The van der Waals surface area contributed by atoms with Gasteiger partial charge < -0.3 is 52.5 Å². The Labute approximate surface area is 464 Å². The molecule has 408 valence electrons. The van der Waals surface area contributed by atoms with Crippen LogP contribution < -0.4 is 37.1 Å². The van der Waals surface area contributed by atoms with Crippen LogP contribution in [0.4, 0.5) is 5.69 Å². The summed E-state index contributed by atoms with van der Waals surface area (Å²) in [6, 6.07) is 35.7. The van der Waals surface area contributed by atoms with Gasteiger partial charge in [0.2, 0.25) is 11.6 Å². The Bertz CT molecular complexity index is 3200. The van der Waals surface area contributed by atoms with E-state index in [-0.39, 0.29) is 17.7 Å². The normalized spacial score (nSPS) is 12.4. The number of hydrogen-bond donors (Lipinski definition) is 7. The summed E-state index contributed by atoms with van der Waals surface area (Å²) in [6.07, 6.45) is 13.0. The molecule has 10 rings (SSSR count). The van der Waals surface area contributed by atoms with Gasteiger partial charge in [-0.25, -0.2) is 0 Å². The summed E-state index contributed by atoms with van der Waals surface area (Å²) in [5.74, 6) is 1.53. The highest BCUT2D eigenvalue weighted by Crippen LogP contribution is 2.38. The quantitative estimate of drug-likeness (QED) is 0.0290. The molecule has 6 aromatic carbocycles. The fourth-order valence-corrected chi connectivity index (χ4v) is 9.57. The van der Waals surface area contributed by atoms with Crippen LogP contribution in [0.3, 0.4) is 0 Å². The zero-order chi connectivity index (χ0) is 55.4. The molecule has 2 amide bonds. The minimum Gasteiger partial charge on any atom is -0.508 e. The van der Waals surface area contributed by atoms with Gasteiger partial charge in [-0.2, -0.15) is 5.26 Å².